The van der Waals surface area contributed by atoms with E-state index >= 15 is 0 Å². The van der Waals surface area contributed by atoms with Crippen LogP contribution in [0.15, 0.2) is 18.2 Å². The number of ether oxygens (including phenoxy) is 2. The molecule has 0 bridgehead atoms. The van der Waals surface area contributed by atoms with Crippen LogP contribution in [0.5, 0.6) is 5.75 Å². The number of hydrogen-bond acceptors (Lipinski definition) is 3. The summed E-state index contributed by atoms with van der Waals surface area (Å²) in [5.41, 5.74) is 2.66. The van der Waals surface area contributed by atoms with Crippen LogP contribution in [0.1, 0.15) is 50.3 Å². The van der Waals surface area contributed by atoms with E-state index in [9.17, 15) is 0 Å². The van der Waals surface area contributed by atoms with E-state index in [0.717, 1.165) is 37.3 Å². The highest BCUT2D eigenvalue weighted by Gasteiger charge is 2.26. The van der Waals surface area contributed by atoms with E-state index in [4.69, 9.17) is 9.47 Å². The maximum atomic E-state index is 5.35. The normalized spacial score (nSPS) is 25.5. The molecule has 1 aromatic rings. The molecule has 2 aliphatic rings. The number of nitrogens with one attached hydrogen (secondary N) is 1. The molecule has 0 radical (unpaired) electrons. The van der Waals surface area contributed by atoms with Crippen molar-refractivity contribution in [1.29, 1.82) is 0 Å². The summed E-state index contributed by atoms with van der Waals surface area (Å²) < 4.78 is 10.5. The van der Waals surface area contributed by atoms with E-state index in [-0.39, 0.29) is 0 Å². The zero-order valence-corrected chi connectivity index (χ0v) is 14.5. The summed E-state index contributed by atoms with van der Waals surface area (Å²) in [7, 11) is 1.73. The summed E-state index contributed by atoms with van der Waals surface area (Å²) in [6, 6.07) is 6.81. The van der Waals surface area contributed by atoms with Gasteiger partial charge in [-0.25, -0.2) is 0 Å². The molecule has 0 unspecified atom stereocenters. The minimum atomic E-state index is 0.500. The fraction of sp³-hybridized carbons (Fsp3) is 0.684. The van der Waals surface area contributed by atoms with Crippen molar-refractivity contribution in [3.63, 3.8) is 0 Å². The van der Waals surface area contributed by atoms with Crippen LogP contribution in [-0.2, 0) is 4.74 Å². The number of hydrogen-bond donors (Lipinski definition) is 1. The molecule has 124 valence electrons. The molecule has 22 heavy (non-hydrogen) atoms. The van der Waals surface area contributed by atoms with Crippen LogP contribution in [-0.4, -0.2) is 26.9 Å². The van der Waals surface area contributed by atoms with Gasteiger partial charge in [0.25, 0.3) is 0 Å². The predicted octanol–water partition coefficient (Wildman–Crippen LogP) is 4.11. The van der Waals surface area contributed by atoms with Gasteiger partial charge in [-0.1, -0.05) is 26.0 Å². The van der Waals surface area contributed by atoms with Crippen molar-refractivity contribution in [3.8, 4) is 5.75 Å². The SMILES string of the molecule is CC1CCOCC1.COc1cccc([C@H]2NCC[C@H]2C)c1C. The molecule has 1 aromatic carbocycles. The van der Waals surface area contributed by atoms with Crippen LogP contribution in [0.25, 0.3) is 0 Å². The standard InChI is InChI=1S/C13H19NO.C6H12O/c1-9-7-8-14-13(9)11-5-4-6-12(15-3)10(11)2;1-6-2-4-7-5-3-6/h4-6,9,13-14H,7-8H2,1-3H3;6H,2-5H2,1H3/t9-,13+;/m1./s1. The van der Waals surface area contributed by atoms with Crippen molar-refractivity contribution in [3.05, 3.63) is 29.3 Å². The van der Waals surface area contributed by atoms with Gasteiger partial charge in [-0.3, -0.25) is 0 Å². The van der Waals surface area contributed by atoms with Crippen molar-refractivity contribution in [2.45, 2.75) is 46.1 Å². The van der Waals surface area contributed by atoms with Gasteiger partial charge in [0.05, 0.1) is 7.11 Å². The van der Waals surface area contributed by atoms with Crippen molar-refractivity contribution in [1.82, 2.24) is 5.32 Å². The van der Waals surface area contributed by atoms with Crippen molar-refractivity contribution >= 4 is 0 Å². The third-order valence-corrected chi connectivity index (χ3v) is 4.92. The lowest BCUT2D eigenvalue weighted by Gasteiger charge is -2.19. The Morgan fingerprint density at radius 1 is 1.14 bits per heavy atom. The molecule has 3 nitrogen and oxygen atoms in total. The predicted molar refractivity (Wildman–Crippen MR) is 91.5 cm³/mol. The highest BCUT2D eigenvalue weighted by Crippen LogP contribution is 2.33. The van der Waals surface area contributed by atoms with Gasteiger partial charge in [-0.15, -0.1) is 0 Å². The molecule has 0 aromatic heterocycles. The fourth-order valence-electron chi connectivity index (χ4n) is 3.26. The Hall–Kier alpha value is -1.06. The minimum absolute atomic E-state index is 0.500. The molecule has 0 aliphatic carbocycles. The van der Waals surface area contributed by atoms with Crippen LogP contribution >= 0.6 is 0 Å². The van der Waals surface area contributed by atoms with Crippen molar-refractivity contribution in [2.75, 3.05) is 26.9 Å². The number of methoxy groups -OCH3 is 1. The van der Waals surface area contributed by atoms with E-state index in [2.05, 4.69) is 38.2 Å². The zero-order valence-electron chi connectivity index (χ0n) is 14.5. The Balaban J connectivity index is 0.000000211. The first-order valence-corrected chi connectivity index (χ1v) is 8.58. The Labute approximate surface area is 135 Å². The summed E-state index contributed by atoms with van der Waals surface area (Å²) in [5, 5.41) is 3.56. The fourth-order valence-corrected chi connectivity index (χ4v) is 3.26. The van der Waals surface area contributed by atoms with E-state index in [1.54, 1.807) is 7.11 Å². The molecule has 2 heterocycles. The van der Waals surface area contributed by atoms with Gasteiger partial charge in [0.1, 0.15) is 5.75 Å². The van der Waals surface area contributed by atoms with Crippen molar-refractivity contribution < 1.29 is 9.47 Å². The quantitative estimate of drug-likeness (QED) is 0.892. The van der Waals surface area contributed by atoms with Crippen LogP contribution in [0.4, 0.5) is 0 Å². The second kappa shape index (κ2) is 8.54. The highest BCUT2D eigenvalue weighted by molar-refractivity contribution is 5.41. The molecule has 2 saturated heterocycles. The monoisotopic (exact) mass is 305 g/mol. The van der Waals surface area contributed by atoms with E-state index < -0.39 is 0 Å². The maximum absolute atomic E-state index is 5.35. The second-order valence-electron chi connectivity index (χ2n) is 6.67. The largest absolute Gasteiger partial charge is 0.496 e. The van der Waals surface area contributed by atoms with E-state index in [0.29, 0.717) is 6.04 Å². The summed E-state index contributed by atoms with van der Waals surface area (Å²) in [4.78, 5) is 0. The van der Waals surface area contributed by atoms with E-state index in [1.807, 2.05) is 6.07 Å². The first-order chi connectivity index (χ1) is 10.6. The van der Waals surface area contributed by atoms with Crippen LogP contribution in [0, 0.1) is 18.8 Å². The molecule has 0 saturated carbocycles. The molecule has 0 amide bonds. The Bertz CT molecular complexity index is 455. The minimum Gasteiger partial charge on any atom is -0.496 e. The van der Waals surface area contributed by atoms with Gasteiger partial charge in [0, 0.05) is 19.3 Å². The summed E-state index contributed by atoms with van der Waals surface area (Å²) in [5.74, 6) is 2.62. The Morgan fingerprint density at radius 2 is 1.86 bits per heavy atom. The van der Waals surface area contributed by atoms with Crippen LogP contribution in [0.3, 0.4) is 0 Å². The summed E-state index contributed by atoms with van der Waals surface area (Å²) >= 11 is 0. The zero-order chi connectivity index (χ0) is 15.9. The third-order valence-electron chi connectivity index (χ3n) is 4.92. The Morgan fingerprint density at radius 3 is 2.36 bits per heavy atom. The van der Waals surface area contributed by atoms with Gasteiger partial charge in [0.2, 0.25) is 0 Å². The summed E-state index contributed by atoms with van der Waals surface area (Å²) in [6.07, 6.45) is 3.79. The van der Waals surface area contributed by atoms with E-state index in [1.165, 1.54) is 30.4 Å². The average molecular weight is 305 g/mol. The maximum Gasteiger partial charge on any atom is 0.122 e. The van der Waals surface area contributed by atoms with Gasteiger partial charge >= 0.3 is 0 Å². The van der Waals surface area contributed by atoms with Gasteiger partial charge in [-0.2, -0.15) is 0 Å². The molecule has 0 spiro atoms. The highest BCUT2D eigenvalue weighted by atomic mass is 16.5. The number of benzene rings is 1. The van der Waals surface area contributed by atoms with Gasteiger partial charge < -0.3 is 14.8 Å². The van der Waals surface area contributed by atoms with Crippen molar-refractivity contribution in [2.24, 2.45) is 11.8 Å². The molecule has 3 heteroatoms. The molecule has 3 rings (SSSR count). The van der Waals surface area contributed by atoms with Crippen LogP contribution < -0.4 is 10.1 Å². The van der Waals surface area contributed by atoms with Gasteiger partial charge in [-0.05, 0) is 61.8 Å². The molecule has 2 fully saturated rings. The molecular formula is C19H31NO2. The molecule has 2 aliphatic heterocycles. The Kier molecular flexibility index (Phi) is 6.71. The third kappa shape index (κ3) is 4.47. The first kappa shape index (κ1) is 17.3. The second-order valence-corrected chi connectivity index (χ2v) is 6.67. The smallest absolute Gasteiger partial charge is 0.122 e. The molecule has 2 atom stereocenters. The lowest BCUT2D eigenvalue weighted by Crippen LogP contribution is -2.17. The lowest BCUT2D eigenvalue weighted by molar-refractivity contribution is 0.0716. The molecule has 1 N–H and O–H groups in total. The van der Waals surface area contributed by atoms with Gasteiger partial charge in [0.15, 0.2) is 0 Å². The first-order valence-electron chi connectivity index (χ1n) is 8.58. The topological polar surface area (TPSA) is 30.5 Å². The summed E-state index contributed by atoms with van der Waals surface area (Å²) in [6.45, 7) is 9.83. The number of rotatable bonds is 2. The lowest BCUT2D eigenvalue weighted by atomic mass is 9.92. The average Bonchev–Trinajstić information content (AvgIpc) is 2.95. The van der Waals surface area contributed by atoms with Crippen LogP contribution in [0.2, 0.25) is 0 Å². The molecular weight excluding hydrogens is 274 g/mol.